The number of hydrogen-bond donors (Lipinski definition) is 2. The maximum atomic E-state index is 11.5. The molecular formula is C14H22O4. The number of aliphatic carboxylic acids is 2. The van der Waals surface area contributed by atoms with Crippen LogP contribution in [-0.2, 0) is 9.59 Å². The topological polar surface area (TPSA) is 74.6 Å². The van der Waals surface area contributed by atoms with E-state index in [2.05, 4.69) is 0 Å². The van der Waals surface area contributed by atoms with Crippen molar-refractivity contribution in [2.75, 3.05) is 0 Å². The highest BCUT2D eigenvalue weighted by Crippen LogP contribution is 2.49. The maximum Gasteiger partial charge on any atom is 0.307 e. The molecule has 18 heavy (non-hydrogen) atoms. The molecule has 4 heteroatoms. The summed E-state index contributed by atoms with van der Waals surface area (Å²) < 4.78 is 0. The highest BCUT2D eigenvalue weighted by molar-refractivity contribution is 5.80. The zero-order chi connectivity index (χ0) is 13.3. The van der Waals surface area contributed by atoms with Crippen LogP contribution in [0.4, 0.5) is 0 Å². The van der Waals surface area contributed by atoms with Gasteiger partial charge in [0, 0.05) is 0 Å². The van der Waals surface area contributed by atoms with Crippen LogP contribution in [0, 0.1) is 29.6 Å². The fourth-order valence-electron chi connectivity index (χ4n) is 4.21. The predicted molar refractivity (Wildman–Crippen MR) is 66.1 cm³/mol. The van der Waals surface area contributed by atoms with Crippen molar-refractivity contribution in [2.45, 2.75) is 45.4 Å². The molecule has 0 aromatic heterocycles. The van der Waals surface area contributed by atoms with Gasteiger partial charge in [0.1, 0.15) is 0 Å². The van der Waals surface area contributed by atoms with E-state index in [-0.39, 0.29) is 11.8 Å². The molecule has 0 saturated heterocycles. The number of carboxylic acids is 2. The summed E-state index contributed by atoms with van der Waals surface area (Å²) in [5.74, 6) is -2.64. The number of hydrogen-bond acceptors (Lipinski definition) is 2. The van der Waals surface area contributed by atoms with Crippen molar-refractivity contribution in [3.05, 3.63) is 0 Å². The maximum absolute atomic E-state index is 11.5. The summed E-state index contributed by atoms with van der Waals surface area (Å²) in [4.78, 5) is 23.0. The van der Waals surface area contributed by atoms with E-state index in [1.165, 1.54) is 6.42 Å². The average Bonchev–Trinajstić information content (AvgIpc) is 2.35. The van der Waals surface area contributed by atoms with Crippen LogP contribution < -0.4 is 0 Å². The molecule has 2 N–H and O–H groups in total. The second kappa shape index (κ2) is 5.29. The van der Waals surface area contributed by atoms with Crippen LogP contribution in [0.5, 0.6) is 0 Å². The summed E-state index contributed by atoms with van der Waals surface area (Å²) in [5.41, 5.74) is 0. The van der Waals surface area contributed by atoms with Gasteiger partial charge in [-0.05, 0) is 30.6 Å². The molecule has 2 rings (SSSR count). The first-order valence-corrected chi connectivity index (χ1v) is 7.01. The summed E-state index contributed by atoms with van der Waals surface area (Å²) >= 11 is 0. The molecule has 0 amide bonds. The molecule has 5 atom stereocenters. The minimum absolute atomic E-state index is 0.0305. The van der Waals surface area contributed by atoms with Crippen molar-refractivity contribution in [2.24, 2.45) is 29.6 Å². The van der Waals surface area contributed by atoms with Gasteiger partial charge in [-0.25, -0.2) is 0 Å². The van der Waals surface area contributed by atoms with Crippen LogP contribution in [0.3, 0.4) is 0 Å². The Hall–Kier alpha value is -1.06. The normalized spacial score (nSPS) is 39.9. The highest BCUT2D eigenvalue weighted by atomic mass is 16.4. The van der Waals surface area contributed by atoms with Crippen LogP contribution in [-0.4, -0.2) is 22.2 Å². The molecule has 0 aromatic rings. The fraction of sp³-hybridized carbons (Fsp3) is 0.857. The first-order valence-electron chi connectivity index (χ1n) is 7.01. The Morgan fingerprint density at radius 2 is 1.67 bits per heavy atom. The van der Waals surface area contributed by atoms with Crippen molar-refractivity contribution in [3.8, 4) is 0 Å². The molecule has 0 radical (unpaired) electrons. The Bertz CT molecular complexity index is 339. The first kappa shape index (κ1) is 13.4. The largest absolute Gasteiger partial charge is 0.481 e. The standard InChI is InChI=1S/C14H22O4/c1-2-8-7-9-5-3-4-6-10(9)12(14(17)18)11(8)13(15)16/h8-12H,2-7H2,1H3,(H,15,16)(H,17,18). The molecule has 0 spiro atoms. The van der Waals surface area contributed by atoms with Crippen LogP contribution in [0.15, 0.2) is 0 Å². The number of carboxylic acid groups (broad SMARTS) is 2. The monoisotopic (exact) mass is 254 g/mol. The number of carbonyl (C=O) groups is 2. The Labute approximate surface area is 107 Å². The third-order valence-electron chi connectivity index (χ3n) is 5.02. The van der Waals surface area contributed by atoms with Gasteiger partial charge in [-0.15, -0.1) is 0 Å². The van der Waals surface area contributed by atoms with E-state index in [0.29, 0.717) is 5.92 Å². The third kappa shape index (κ3) is 2.25. The van der Waals surface area contributed by atoms with Crippen molar-refractivity contribution in [3.63, 3.8) is 0 Å². The summed E-state index contributed by atoms with van der Waals surface area (Å²) in [6.45, 7) is 1.97. The average molecular weight is 254 g/mol. The van der Waals surface area contributed by atoms with Crippen molar-refractivity contribution < 1.29 is 19.8 Å². The molecule has 4 nitrogen and oxygen atoms in total. The molecule has 2 saturated carbocycles. The minimum Gasteiger partial charge on any atom is -0.481 e. The predicted octanol–water partition coefficient (Wildman–Crippen LogP) is 2.62. The first-order chi connectivity index (χ1) is 8.56. The molecular weight excluding hydrogens is 232 g/mol. The van der Waals surface area contributed by atoms with E-state index in [1.807, 2.05) is 6.92 Å². The second-order valence-electron chi connectivity index (χ2n) is 5.84. The van der Waals surface area contributed by atoms with Gasteiger partial charge in [-0.2, -0.15) is 0 Å². The summed E-state index contributed by atoms with van der Waals surface area (Å²) in [7, 11) is 0. The lowest BCUT2D eigenvalue weighted by Crippen LogP contribution is -2.48. The molecule has 0 bridgehead atoms. The van der Waals surface area contributed by atoms with Crippen LogP contribution in [0.1, 0.15) is 45.4 Å². The van der Waals surface area contributed by atoms with Gasteiger partial charge in [0.2, 0.25) is 0 Å². The quantitative estimate of drug-likeness (QED) is 0.811. The van der Waals surface area contributed by atoms with Crippen molar-refractivity contribution >= 4 is 11.9 Å². The lowest BCUT2D eigenvalue weighted by Gasteiger charge is -2.46. The third-order valence-corrected chi connectivity index (χ3v) is 5.02. The van der Waals surface area contributed by atoms with E-state index in [9.17, 15) is 19.8 Å². The summed E-state index contributed by atoms with van der Waals surface area (Å²) in [6.07, 6.45) is 5.86. The van der Waals surface area contributed by atoms with Crippen LogP contribution >= 0.6 is 0 Å². The molecule has 0 aliphatic heterocycles. The number of rotatable bonds is 3. The van der Waals surface area contributed by atoms with Crippen molar-refractivity contribution in [1.82, 2.24) is 0 Å². The van der Waals surface area contributed by atoms with E-state index in [1.54, 1.807) is 0 Å². The Balaban J connectivity index is 2.30. The number of fused-ring (bicyclic) bond motifs is 1. The highest BCUT2D eigenvalue weighted by Gasteiger charge is 2.50. The summed E-state index contributed by atoms with van der Waals surface area (Å²) in [6, 6.07) is 0. The zero-order valence-electron chi connectivity index (χ0n) is 10.8. The molecule has 2 aliphatic carbocycles. The lowest BCUT2D eigenvalue weighted by molar-refractivity contribution is -0.165. The Kier molecular flexibility index (Phi) is 3.93. The van der Waals surface area contributed by atoms with Gasteiger partial charge in [0.05, 0.1) is 11.8 Å². The Morgan fingerprint density at radius 1 is 1.06 bits per heavy atom. The van der Waals surface area contributed by atoms with E-state index < -0.39 is 23.8 Å². The molecule has 2 aliphatic rings. The van der Waals surface area contributed by atoms with Crippen LogP contribution in [0.25, 0.3) is 0 Å². The van der Waals surface area contributed by atoms with Gasteiger partial charge in [-0.1, -0.05) is 32.6 Å². The van der Waals surface area contributed by atoms with Gasteiger partial charge in [-0.3, -0.25) is 9.59 Å². The van der Waals surface area contributed by atoms with E-state index in [4.69, 9.17) is 0 Å². The van der Waals surface area contributed by atoms with E-state index in [0.717, 1.165) is 32.1 Å². The lowest BCUT2D eigenvalue weighted by atomic mass is 9.57. The van der Waals surface area contributed by atoms with Gasteiger partial charge in [0.25, 0.3) is 0 Å². The Morgan fingerprint density at radius 3 is 2.22 bits per heavy atom. The zero-order valence-corrected chi connectivity index (χ0v) is 10.8. The van der Waals surface area contributed by atoms with E-state index >= 15 is 0 Å². The van der Waals surface area contributed by atoms with Gasteiger partial charge in [0.15, 0.2) is 0 Å². The van der Waals surface area contributed by atoms with Crippen molar-refractivity contribution in [1.29, 1.82) is 0 Å². The molecule has 102 valence electrons. The molecule has 5 unspecified atom stereocenters. The fourth-order valence-corrected chi connectivity index (χ4v) is 4.21. The second-order valence-corrected chi connectivity index (χ2v) is 5.84. The molecule has 0 aromatic carbocycles. The molecule has 2 fully saturated rings. The van der Waals surface area contributed by atoms with Gasteiger partial charge >= 0.3 is 11.9 Å². The summed E-state index contributed by atoms with van der Waals surface area (Å²) in [5, 5.41) is 18.8. The smallest absolute Gasteiger partial charge is 0.307 e. The van der Waals surface area contributed by atoms with Gasteiger partial charge < -0.3 is 10.2 Å². The minimum atomic E-state index is -0.918. The van der Waals surface area contributed by atoms with Crippen LogP contribution in [0.2, 0.25) is 0 Å². The molecule has 0 heterocycles. The SMILES string of the molecule is CCC1CC2CCCCC2C(C(=O)O)C1C(=O)O.